The van der Waals surface area contributed by atoms with E-state index in [9.17, 15) is 4.79 Å². The molecule has 0 unspecified atom stereocenters. The van der Waals surface area contributed by atoms with Crippen molar-refractivity contribution in [1.29, 1.82) is 0 Å². The molecule has 0 spiro atoms. The van der Waals surface area contributed by atoms with E-state index >= 15 is 0 Å². The third-order valence-corrected chi connectivity index (χ3v) is 4.45. The Bertz CT molecular complexity index is 1050. The van der Waals surface area contributed by atoms with Crippen LogP contribution in [-0.4, -0.2) is 11.9 Å². The summed E-state index contributed by atoms with van der Waals surface area (Å²) in [5.74, 6) is 1.09. The number of nitrogens with zero attached hydrogens (tertiary/aromatic N) is 1. The molecule has 3 aromatic rings. The molecule has 0 amide bonds. The maximum absolute atomic E-state index is 12.1. The zero-order valence-electron chi connectivity index (χ0n) is 13.9. The number of aliphatic imine (C=N–C) groups is 1. The van der Waals surface area contributed by atoms with Crippen molar-refractivity contribution in [2.75, 3.05) is 0 Å². The van der Waals surface area contributed by atoms with E-state index < -0.39 is 5.97 Å². The SMILES string of the molecule is Cc1cccc(C2=NC(=Cc3ccc(-c4ccc(Br)cc4)o3)C(=O)O2)c1. The highest BCUT2D eigenvalue weighted by atomic mass is 79.9. The molecule has 128 valence electrons. The van der Waals surface area contributed by atoms with Crippen LogP contribution in [0.3, 0.4) is 0 Å². The Morgan fingerprint density at radius 1 is 1.00 bits per heavy atom. The first-order valence-corrected chi connectivity index (χ1v) is 8.83. The fourth-order valence-corrected chi connectivity index (χ4v) is 2.91. The van der Waals surface area contributed by atoms with Crippen LogP contribution >= 0.6 is 15.9 Å². The molecular weight excluding hydrogens is 394 g/mol. The molecule has 2 aromatic carbocycles. The van der Waals surface area contributed by atoms with E-state index in [0.717, 1.165) is 26.9 Å². The summed E-state index contributed by atoms with van der Waals surface area (Å²) in [6.07, 6.45) is 1.59. The number of hydrogen-bond acceptors (Lipinski definition) is 4. The molecule has 0 bridgehead atoms. The molecule has 0 saturated carbocycles. The predicted molar refractivity (Wildman–Crippen MR) is 104 cm³/mol. The van der Waals surface area contributed by atoms with E-state index in [-0.39, 0.29) is 5.70 Å². The minimum Gasteiger partial charge on any atom is -0.457 e. The van der Waals surface area contributed by atoms with E-state index in [1.807, 2.05) is 61.5 Å². The van der Waals surface area contributed by atoms with Gasteiger partial charge in [0.25, 0.3) is 0 Å². The van der Waals surface area contributed by atoms with Crippen molar-refractivity contribution in [3.63, 3.8) is 0 Å². The first kappa shape index (κ1) is 16.5. The van der Waals surface area contributed by atoms with Crippen molar-refractivity contribution in [2.24, 2.45) is 4.99 Å². The molecule has 0 saturated heterocycles. The molecule has 1 aromatic heterocycles. The van der Waals surface area contributed by atoms with Crippen molar-refractivity contribution in [1.82, 2.24) is 0 Å². The Balaban J connectivity index is 1.62. The minimum atomic E-state index is -0.483. The lowest BCUT2D eigenvalue weighted by atomic mass is 10.1. The van der Waals surface area contributed by atoms with Crippen LogP contribution in [0.5, 0.6) is 0 Å². The Morgan fingerprint density at radius 2 is 1.81 bits per heavy atom. The highest BCUT2D eigenvalue weighted by Gasteiger charge is 2.24. The molecule has 0 radical (unpaired) electrons. The summed E-state index contributed by atoms with van der Waals surface area (Å²) < 4.78 is 12.1. The summed E-state index contributed by atoms with van der Waals surface area (Å²) in [5.41, 5.74) is 3.02. The standard InChI is InChI=1S/C21H14BrNO3/c1-13-3-2-4-15(11-13)20-23-18(21(24)26-20)12-17-9-10-19(25-17)14-5-7-16(22)8-6-14/h2-12H,1H3. The molecule has 0 atom stereocenters. The van der Waals surface area contributed by atoms with Crippen molar-refractivity contribution >= 4 is 33.9 Å². The summed E-state index contributed by atoms with van der Waals surface area (Å²) >= 11 is 3.41. The average molecular weight is 408 g/mol. The zero-order valence-corrected chi connectivity index (χ0v) is 15.5. The lowest BCUT2D eigenvalue weighted by Gasteiger charge is -1.99. The van der Waals surface area contributed by atoms with Gasteiger partial charge < -0.3 is 9.15 Å². The lowest BCUT2D eigenvalue weighted by Crippen LogP contribution is -2.05. The van der Waals surface area contributed by atoms with Crippen LogP contribution in [0.2, 0.25) is 0 Å². The lowest BCUT2D eigenvalue weighted by molar-refractivity contribution is -0.129. The summed E-state index contributed by atoms with van der Waals surface area (Å²) in [5, 5.41) is 0. The molecule has 4 rings (SSSR count). The fraction of sp³-hybridized carbons (Fsp3) is 0.0476. The highest BCUT2D eigenvalue weighted by Crippen LogP contribution is 2.26. The maximum Gasteiger partial charge on any atom is 0.363 e. The number of carbonyl (C=O) groups excluding carboxylic acids is 1. The van der Waals surface area contributed by atoms with E-state index in [4.69, 9.17) is 9.15 Å². The number of cyclic esters (lactones) is 1. The third kappa shape index (κ3) is 3.39. The van der Waals surface area contributed by atoms with Gasteiger partial charge in [-0.3, -0.25) is 0 Å². The molecule has 26 heavy (non-hydrogen) atoms. The van der Waals surface area contributed by atoms with Gasteiger partial charge in [-0.05, 0) is 43.3 Å². The topological polar surface area (TPSA) is 51.8 Å². The Kier molecular flexibility index (Phi) is 4.31. The van der Waals surface area contributed by atoms with Crippen molar-refractivity contribution in [2.45, 2.75) is 6.92 Å². The van der Waals surface area contributed by atoms with Gasteiger partial charge in [0.05, 0.1) is 0 Å². The highest BCUT2D eigenvalue weighted by molar-refractivity contribution is 9.10. The Morgan fingerprint density at radius 3 is 2.58 bits per heavy atom. The number of ether oxygens (including phenoxy) is 1. The van der Waals surface area contributed by atoms with E-state index in [1.54, 1.807) is 12.1 Å². The van der Waals surface area contributed by atoms with Crippen molar-refractivity contribution in [3.05, 3.63) is 87.7 Å². The van der Waals surface area contributed by atoms with Crippen LogP contribution in [0.25, 0.3) is 17.4 Å². The number of furan rings is 1. The Labute approximate surface area is 159 Å². The van der Waals surface area contributed by atoms with Gasteiger partial charge in [-0.25, -0.2) is 9.79 Å². The monoisotopic (exact) mass is 407 g/mol. The summed E-state index contributed by atoms with van der Waals surface area (Å²) in [6.45, 7) is 1.98. The average Bonchev–Trinajstić information content (AvgIpc) is 3.23. The van der Waals surface area contributed by atoms with Gasteiger partial charge in [0.1, 0.15) is 11.5 Å². The summed E-state index contributed by atoms with van der Waals surface area (Å²) in [4.78, 5) is 16.4. The molecular formula is C21H14BrNO3. The quantitative estimate of drug-likeness (QED) is 0.433. The fourth-order valence-electron chi connectivity index (χ4n) is 2.65. The van der Waals surface area contributed by atoms with Crippen molar-refractivity contribution < 1.29 is 13.9 Å². The number of esters is 1. The van der Waals surface area contributed by atoms with Gasteiger partial charge in [0.2, 0.25) is 5.90 Å². The van der Waals surface area contributed by atoms with Gasteiger partial charge in [-0.2, -0.15) is 0 Å². The molecule has 1 aliphatic rings. The van der Waals surface area contributed by atoms with Crippen LogP contribution < -0.4 is 0 Å². The summed E-state index contributed by atoms with van der Waals surface area (Å²) in [7, 11) is 0. The summed E-state index contributed by atoms with van der Waals surface area (Å²) in [6, 6.07) is 19.1. The van der Waals surface area contributed by atoms with Gasteiger partial charge in [0.15, 0.2) is 5.70 Å². The largest absolute Gasteiger partial charge is 0.457 e. The predicted octanol–water partition coefficient (Wildman–Crippen LogP) is 5.36. The van der Waals surface area contributed by atoms with Crippen molar-refractivity contribution in [3.8, 4) is 11.3 Å². The smallest absolute Gasteiger partial charge is 0.363 e. The van der Waals surface area contributed by atoms with Crippen LogP contribution in [0.4, 0.5) is 0 Å². The number of aryl methyl sites for hydroxylation is 1. The van der Waals surface area contributed by atoms with Crippen LogP contribution in [0, 0.1) is 6.92 Å². The van der Waals surface area contributed by atoms with Crippen LogP contribution in [0.15, 0.2) is 80.2 Å². The molecule has 0 N–H and O–H groups in total. The number of benzene rings is 2. The zero-order chi connectivity index (χ0) is 18.1. The Hall–Kier alpha value is -2.92. The van der Waals surface area contributed by atoms with Gasteiger partial charge in [-0.15, -0.1) is 0 Å². The van der Waals surface area contributed by atoms with Crippen LogP contribution in [0.1, 0.15) is 16.9 Å². The van der Waals surface area contributed by atoms with Crippen LogP contribution in [-0.2, 0) is 9.53 Å². The molecule has 5 heteroatoms. The maximum atomic E-state index is 12.1. The molecule has 1 aliphatic heterocycles. The number of hydrogen-bond donors (Lipinski definition) is 0. The van der Waals surface area contributed by atoms with Gasteiger partial charge in [-0.1, -0.05) is 45.8 Å². The first-order chi connectivity index (χ1) is 12.6. The number of halogens is 1. The van der Waals surface area contributed by atoms with Gasteiger partial charge in [0, 0.05) is 21.7 Å². The van der Waals surface area contributed by atoms with E-state index in [1.165, 1.54) is 0 Å². The second kappa shape index (κ2) is 6.77. The molecule has 0 fully saturated rings. The first-order valence-electron chi connectivity index (χ1n) is 8.04. The molecule has 0 aliphatic carbocycles. The second-order valence-electron chi connectivity index (χ2n) is 5.91. The van der Waals surface area contributed by atoms with E-state index in [0.29, 0.717) is 11.7 Å². The second-order valence-corrected chi connectivity index (χ2v) is 6.83. The normalized spacial score (nSPS) is 15.2. The molecule has 4 nitrogen and oxygen atoms in total. The van der Waals surface area contributed by atoms with Gasteiger partial charge >= 0.3 is 5.97 Å². The molecule has 2 heterocycles. The number of carbonyl (C=O) groups is 1. The van der Waals surface area contributed by atoms with E-state index in [2.05, 4.69) is 20.9 Å². The third-order valence-electron chi connectivity index (χ3n) is 3.92. The minimum absolute atomic E-state index is 0.221. The number of rotatable bonds is 3.